The number of H-pyrrole nitrogens is 1. The van der Waals surface area contributed by atoms with Gasteiger partial charge < -0.3 is 24.6 Å². The molecule has 0 aliphatic carbocycles. The summed E-state index contributed by atoms with van der Waals surface area (Å²) in [5.74, 6) is -1.82. The van der Waals surface area contributed by atoms with Crippen molar-refractivity contribution < 1.29 is 23.8 Å². The number of aromatic amines is 1. The summed E-state index contributed by atoms with van der Waals surface area (Å²) in [4.78, 5) is 31.8. The molecule has 0 bridgehead atoms. The number of fused-ring (bicyclic) bond motifs is 1. The van der Waals surface area contributed by atoms with Crippen LogP contribution in [0.4, 0.5) is 0 Å². The predicted octanol–water partition coefficient (Wildman–Crippen LogP) is 2.95. The molecule has 9 heteroatoms. The molecule has 1 atom stereocenters. The lowest BCUT2D eigenvalue weighted by atomic mass is 10.0. The van der Waals surface area contributed by atoms with Crippen molar-refractivity contribution in [2.45, 2.75) is 19.9 Å². The van der Waals surface area contributed by atoms with E-state index in [1.54, 1.807) is 38.1 Å². The molecule has 2 heterocycles. The molecule has 0 saturated carbocycles. The van der Waals surface area contributed by atoms with E-state index in [4.69, 9.17) is 9.15 Å². The van der Waals surface area contributed by atoms with E-state index in [9.17, 15) is 20.0 Å². The van der Waals surface area contributed by atoms with Crippen LogP contribution in [0.1, 0.15) is 30.2 Å². The van der Waals surface area contributed by atoms with Crippen molar-refractivity contribution in [1.29, 1.82) is 5.26 Å². The number of esters is 1. The molecule has 0 unspecified atom stereocenters. The van der Waals surface area contributed by atoms with Gasteiger partial charge in [-0.3, -0.25) is 4.79 Å². The number of ether oxygens (including phenoxy) is 1. The molecule has 9 nitrogen and oxygen atoms in total. The molecular weight excluding hydrogens is 388 g/mol. The molecule has 0 aliphatic heterocycles. The topological polar surface area (TPSA) is 141 Å². The van der Waals surface area contributed by atoms with Crippen molar-refractivity contribution in [2.24, 2.45) is 5.92 Å². The van der Waals surface area contributed by atoms with Gasteiger partial charge in [-0.2, -0.15) is 5.26 Å². The molecule has 1 aromatic carbocycles. The molecule has 3 N–H and O–H groups in total. The molecule has 0 spiro atoms. The van der Waals surface area contributed by atoms with Gasteiger partial charge in [0.2, 0.25) is 0 Å². The van der Waals surface area contributed by atoms with Crippen LogP contribution in [0.3, 0.4) is 0 Å². The average molecular weight is 408 g/mol. The molecule has 3 rings (SSSR count). The first-order chi connectivity index (χ1) is 14.4. The summed E-state index contributed by atoms with van der Waals surface area (Å²) in [6, 6.07) is 11.1. The normalized spacial score (nSPS) is 12.9. The second kappa shape index (κ2) is 8.96. The Balaban J connectivity index is 1.71. The summed E-state index contributed by atoms with van der Waals surface area (Å²) >= 11 is 0. The van der Waals surface area contributed by atoms with Gasteiger partial charge in [-0.25, -0.2) is 9.78 Å². The smallest absolute Gasteiger partial charge is 0.329 e. The number of allylic oxidation sites excluding steroid dienone is 1. The number of imidazole rings is 1. The molecule has 0 fully saturated rings. The minimum absolute atomic E-state index is 0.0628. The van der Waals surface area contributed by atoms with Crippen LogP contribution in [-0.2, 0) is 9.53 Å². The van der Waals surface area contributed by atoms with Gasteiger partial charge in [-0.15, -0.1) is 0 Å². The standard InChI is InChI=1S/C21H20N4O5/c1-12(2)18(25-20(27)17-8-5-9-29-17)21(28)30-11-16(26)13(10-22)19-23-14-6-3-4-7-15(14)24-19/h3-9,12,18,26H,11H2,1-2H3,(H,23,24)(H,25,27)/b16-13-/t18-/m0/s1. The molecule has 0 saturated heterocycles. The summed E-state index contributed by atoms with van der Waals surface area (Å²) in [5, 5.41) is 22.3. The third-order valence-corrected chi connectivity index (χ3v) is 4.33. The van der Waals surface area contributed by atoms with Crippen LogP contribution in [0.25, 0.3) is 16.6 Å². The third kappa shape index (κ3) is 4.50. The maximum atomic E-state index is 12.5. The Bertz CT molecular complexity index is 1090. The Hall–Kier alpha value is -4.06. The molecule has 0 aliphatic rings. The highest BCUT2D eigenvalue weighted by molar-refractivity contribution is 5.94. The van der Waals surface area contributed by atoms with Crippen LogP contribution in [0.5, 0.6) is 0 Å². The Morgan fingerprint density at radius 1 is 1.30 bits per heavy atom. The van der Waals surface area contributed by atoms with Crippen LogP contribution >= 0.6 is 0 Å². The largest absolute Gasteiger partial charge is 0.507 e. The number of benzene rings is 1. The van der Waals surface area contributed by atoms with Crippen molar-refractivity contribution in [3.63, 3.8) is 0 Å². The quantitative estimate of drug-likeness (QED) is 0.310. The predicted molar refractivity (Wildman–Crippen MR) is 107 cm³/mol. The van der Waals surface area contributed by atoms with E-state index in [1.165, 1.54) is 12.3 Å². The fourth-order valence-corrected chi connectivity index (χ4v) is 2.74. The SMILES string of the molecule is CC(C)[C@H](NC(=O)c1ccco1)C(=O)OC/C(O)=C(\C#N)c1nc2ccccc2[nH]1. The Labute approximate surface area is 172 Å². The van der Waals surface area contributed by atoms with Gasteiger partial charge >= 0.3 is 5.97 Å². The summed E-state index contributed by atoms with van der Waals surface area (Å²) in [7, 11) is 0. The minimum Gasteiger partial charge on any atom is -0.507 e. The molecule has 3 aromatic rings. The number of nitrogens with one attached hydrogen (secondary N) is 2. The van der Waals surface area contributed by atoms with E-state index >= 15 is 0 Å². The number of hydrogen-bond acceptors (Lipinski definition) is 7. The first-order valence-corrected chi connectivity index (χ1v) is 9.19. The first-order valence-electron chi connectivity index (χ1n) is 9.19. The zero-order valence-corrected chi connectivity index (χ0v) is 16.4. The highest BCUT2D eigenvalue weighted by Crippen LogP contribution is 2.19. The summed E-state index contributed by atoms with van der Waals surface area (Å²) in [6.07, 6.45) is 1.35. The van der Waals surface area contributed by atoms with Crippen molar-refractivity contribution in [2.75, 3.05) is 6.61 Å². The Morgan fingerprint density at radius 2 is 2.07 bits per heavy atom. The summed E-state index contributed by atoms with van der Waals surface area (Å²) < 4.78 is 10.2. The van der Waals surface area contributed by atoms with E-state index < -0.39 is 30.3 Å². The molecule has 30 heavy (non-hydrogen) atoms. The van der Waals surface area contributed by atoms with Crippen LogP contribution in [0, 0.1) is 17.2 Å². The lowest BCUT2D eigenvalue weighted by Crippen LogP contribution is -2.45. The fourth-order valence-electron chi connectivity index (χ4n) is 2.74. The van der Waals surface area contributed by atoms with Crippen molar-refractivity contribution >= 4 is 28.5 Å². The number of aliphatic hydroxyl groups is 1. The number of carbonyl (C=O) groups excluding carboxylic acids is 2. The van der Waals surface area contributed by atoms with Crippen LogP contribution in [-0.4, -0.2) is 39.6 Å². The van der Waals surface area contributed by atoms with Gasteiger partial charge in [0.15, 0.2) is 17.3 Å². The fraction of sp³-hybridized carbons (Fsp3) is 0.238. The lowest BCUT2D eigenvalue weighted by Gasteiger charge is -2.20. The second-order valence-electron chi connectivity index (χ2n) is 6.82. The van der Waals surface area contributed by atoms with Crippen molar-refractivity contribution in [3.8, 4) is 6.07 Å². The molecule has 0 radical (unpaired) electrons. The van der Waals surface area contributed by atoms with Crippen LogP contribution in [0.15, 0.2) is 52.8 Å². The van der Waals surface area contributed by atoms with Crippen molar-refractivity contribution in [3.05, 3.63) is 60.0 Å². The minimum atomic E-state index is -0.966. The number of nitriles is 1. The van der Waals surface area contributed by atoms with Crippen LogP contribution in [0.2, 0.25) is 0 Å². The molecular formula is C21H20N4O5. The van der Waals surface area contributed by atoms with Crippen LogP contribution < -0.4 is 5.32 Å². The Morgan fingerprint density at radius 3 is 2.70 bits per heavy atom. The Kier molecular flexibility index (Phi) is 6.17. The van der Waals surface area contributed by atoms with E-state index in [0.29, 0.717) is 11.0 Å². The number of carbonyl (C=O) groups is 2. The maximum Gasteiger partial charge on any atom is 0.329 e. The zero-order chi connectivity index (χ0) is 21.7. The number of aromatic nitrogens is 2. The van der Waals surface area contributed by atoms with E-state index in [-0.39, 0.29) is 23.1 Å². The highest BCUT2D eigenvalue weighted by Gasteiger charge is 2.27. The van der Waals surface area contributed by atoms with Gasteiger partial charge in [-0.1, -0.05) is 26.0 Å². The number of rotatable bonds is 7. The first kappa shape index (κ1) is 20.7. The van der Waals surface area contributed by atoms with Gasteiger partial charge in [0, 0.05) is 0 Å². The average Bonchev–Trinajstić information content (AvgIpc) is 3.40. The van der Waals surface area contributed by atoms with E-state index in [0.717, 1.165) is 0 Å². The van der Waals surface area contributed by atoms with Crippen molar-refractivity contribution in [1.82, 2.24) is 15.3 Å². The third-order valence-electron chi connectivity index (χ3n) is 4.33. The number of hydrogen-bond donors (Lipinski definition) is 3. The van der Waals surface area contributed by atoms with E-state index in [1.807, 2.05) is 12.1 Å². The number of nitrogens with zero attached hydrogens (tertiary/aromatic N) is 2. The molecule has 2 aromatic heterocycles. The van der Waals surface area contributed by atoms with Gasteiger partial charge in [0.25, 0.3) is 5.91 Å². The number of para-hydroxylation sites is 2. The van der Waals surface area contributed by atoms with Gasteiger partial charge in [0.05, 0.1) is 17.3 Å². The lowest BCUT2D eigenvalue weighted by molar-refractivity contribution is -0.146. The number of aliphatic hydroxyl groups excluding tert-OH is 1. The second-order valence-corrected chi connectivity index (χ2v) is 6.82. The maximum absolute atomic E-state index is 12.5. The van der Waals surface area contributed by atoms with E-state index in [2.05, 4.69) is 15.3 Å². The summed E-state index contributed by atoms with van der Waals surface area (Å²) in [6.45, 7) is 2.93. The number of amides is 1. The van der Waals surface area contributed by atoms with Gasteiger partial charge in [0.1, 0.15) is 24.3 Å². The van der Waals surface area contributed by atoms with Gasteiger partial charge in [-0.05, 0) is 30.2 Å². The zero-order valence-electron chi connectivity index (χ0n) is 16.4. The summed E-state index contributed by atoms with van der Waals surface area (Å²) in [5.41, 5.74) is 1.19. The highest BCUT2D eigenvalue weighted by atomic mass is 16.5. The number of furan rings is 1. The molecule has 154 valence electrons. The molecule has 1 amide bonds. The monoisotopic (exact) mass is 408 g/mol.